The number of benzene rings is 1. The SMILES string of the molecule is Cl.Cl.NC(=NCc1ccccc1)NCCCN1CCCC1. The second-order valence-corrected chi connectivity index (χ2v) is 5.02. The Morgan fingerprint density at radius 3 is 2.48 bits per heavy atom. The number of nitrogens with two attached hydrogens (primary N) is 1. The fourth-order valence-electron chi connectivity index (χ4n) is 2.34. The molecule has 1 aliphatic rings. The van der Waals surface area contributed by atoms with Crippen molar-refractivity contribution >= 4 is 30.8 Å². The van der Waals surface area contributed by atoms with Crippen molar-refractivity contribution in [2.45, 2.75) is 25.8 Å². The molecule has 1 aliphatic heterocycles. The molecular weight excluding hydrogens is 307 g/mol. The lowest BCUT2D eigenvalue weighted by Crippen LogP contribution is -2.34. The lowest BCUT2D eigenvalue weighted by atomic mass is 10.2. The molecule has 3 N–H and O–H groups in total. The maximum atomic E-state index is 5.84. The number of likely N-dealkylation sites (tertiary alicyclic amines) is 1. The summed E-state index contributed by atoms with van der Waals surface area (Å²) < 4.78 is 0. The van der Waals surface area contributed by atoms with Crippen LogP contribution in [0.4, 0.5) is 0 Å². The minimum Gasteiger partial charge on any atom is -0.370 e. The monoisotopic (exact) mass is 332 g/mol. The number of halogens is 2. The fraction of sp³-hybridized carbons (Fsp3) is 0.533. The van der Waals surface area contributed by atoms with Gasteiger partial charge in [0, 0.05) is 6.54 Å². The fourth-order valence-corrected chi connectivity index (χ4v) is 2.34. The molecule has 1 heterocycles. The van der Waals surface area contributed by atoms with Gasteiger partial charge in [0.05, 0.1) is 6.54 Å². The van der Waals surface area contributed by atoms with Crippen LogP contribution in [0, 0.1) is 0 Å². The van der Waals surface area contributed by atoms with E-state index in [4.69, 9.17) is 5.73 Å². The molecule has 0 unspecified atom stereocenters. The highest BCUT2D eigenvalue weighted by Gasteiger charge is 2.09. The van der Waals surface area contributed by atoms with Gasteiger partial charge >= 0.3 is 0 Å². The summed E-state index contributed by atoms with van der Waals surface area (Å²) in [5, 5.41) is 3.18. The summed E-state index contributed by atoms with van der Waals surface area (Å²) in [7, 11) is 0. The van der Waals surface area contributed by atoms with Gasteiger partial charge in [-0.25, -0.2) is 4.99 Å². The quantitative estimate of drug-likeness (QED) is 0.478. The zero-order valence-corrected chi connectivity index (χ0v) is 14.0. The van der Waals surface area contributed by atoms with Crippen LogP contribution in [0.25, 0.3) is 0 Å². The van der Waals surface area contributed by atoms with Gasteiger partial charge in [-0.3, -0.25) is 0 Å². The Bertz CT molecular complexity index is 392. The van der Waals surface area contributed by atoms with Crippen LogP contribution in [0.15, 0.2) is 35.3 Å². The summed E-state index contributed by atoms with van der Waals surface area (Å²) in [6.07, 6.45) is 3.84. The Balaban J connectivity index is 0.00000200. The van der Waals surface area contributed by atoms with Crippen LogP contribution in [0.1, 0.15) is 24.8 Å². The van der Waals surface area contributed by atoms with E-state index in [0.717, 1.165) is 13.0 Å². The van der Waals surface area contributed by atoms with Crippen molar-refractivity contribution < 1.29 is 0 Å². The molecule has 0 spiro atoms. The van der Waals surface area contributed by atoms with Crippen LogP contribution in [-0.2, 0) is 6.54 Å². The molecule has 120 valence electrons. The Morgan fingerprint density at radius 1 is 1.14 bits per heavy atom. The van der Waals surface area contributed by atoms with Gasteiger partial charge in [0.15, 0.2) is 5.96 Å². The van der Waals surface area contributed by atoms with Crippen molar-refractivity contribution in [3.05, 3.63) is 35.9 Å². The molecule has 0 saturated carbocycles. The van der Waals surface area contributed by atoms with Crippen LogP contribution >= 0.6 is 24.8 Å². The van der Waals surface area contributed by atoms with Crippen LogP contribution in [0.3, 0.4) is 0 Å². The molecular formula is C15H26Cl2N4. The number of hydrogen-bond donors (Lipinski definition) is 2. The Morgan fingerprint density at radius 2 is 1.81 bits per heavy atom. The lowest BCUT2D eigenvalue weighted by molar-refractivity contribution is 0.334. The average Bonchev–Trinajstić information content (AvgIpc) is 2.96. The Labute approximate surface area is 140 Å². The third-order valence-corrected chi connectivity index (χ3v) is 3.43. The second-order valence-electron chi connectivity index (χ2n) is 5.02. The highest BCUT2D eigenvalue weighted by molar-refractivity contribution is 5.85. The zero-order valence-electron chi connectivity index (χ0n) is 12.3. The third kappa shape index (κ3) is 8.15. The van der Waals surface area contributed by atoms with E-state index in [1.165, 1.54) is 38.0 Å². The van der Waals surface area contributed by atoms with Crippen LogP contribution < -0.4 is 11.1 Å². The summed E-state index contributed by atoms with van der Waals surface area (Å²) >= 11 is 0. The van der Waals surface area contributed by atoms with Crippen molar-refractivity contribution in [3.63, 3.8) is 0 Å². The number of nitrogens with one attached hydrogen (secondary N) is 1. The number of nitrogens with zero attached hydrogens (tertiary/aromatic N) is 2. The first-order valence-electron chi connectivity index (χ1n) is 7.14. The number of aliphatic imine (C=N–C) groups is 1. The average molecular weight is 333 g/mol. The zero-order chi connectivity index (χ0) is 13.3. The summed E-state index contributed by atoms with van der Waals surface area (Å²) in [6, 6.07) is 10.2. The van der Waals surface area contributed by atoms with Crippen LogP contribution in [-0.4, -0.2) is 37.0 Å². The predicted octanol–water partition coefficient (Wildman–Crippen LogP) is 2.42. The maximum absolute atomic E-state index is 5.84. The third-order valence-electron chi connectivity index (χ3n) is 3.43. The van der Waals surface area contributed by atoms with Crippen molar-refractivity contribution in [2.24, 2.45) is 10.7 Å². The molecule has 6 heteroatoms. The molecule has 2 rings (SSSR count). The highest BCUT2D eigenvalue weighted by atomic mass is 35.5. The molecule has 1 aromatic carbocycles. The van der Waals surface area contributed by atoms with E-state index in [9.17, 15) is 0 Å². The first-order chi connectivity index (χ1) is 9.34. The molecule has 4 nitrogen and oxygen atoms in total. The predicted molar refractivity (Wildman–Crippen MR) is 94.6 cm³/mol. The van der Waals surface area contributed by atoms with Gasteiger partial charge in [-0.1, -0.05) is 30.3 Å². The molecule has 21 heavy (non-hydrogen) atoms. The Hall–Kier alpha value is -0.970. The van der Waals surface area contributed by atoms with Gasteiger partial charge in [0.25, 0.3) is 0 Å². The normalized spacial score (nSPS) is 15.1. The smallest absolute Gasteiger partial charge is 0.188 e. The largest absolute Gasteiger partial charge is 0.370 e. The molecule has 1 saturated heterocycles. The minimum atomic E-state index is 0. The summed E-state index contributed by atoms with van der Waals surface area (Å²) in [6.45, 7) is 5.24. The molecule has 1 aromatic rings. The minimum absolute atomic E-state index is 0. The van der Waals surface area contributed by atoms with E-state index in [0.29, 0.717) is 12.5 Å². The van der Waals surface area contributed by atoms with Gasteiger partial charge in [0.2, 0.25) is 0 Å². The molecule has 0 amide bonds. The van der Waals surface area contributed by atoms with E-state index in [-0.39, 0.29) is 24.8 Å². The molecule has 0 aliphatic carbocycles. The molecule has 0 radical (unpaired) electrons. The van der Waals surface area contributed by atoms with Crippen molar-refractivity contribution in [2.75, 3.05) is 26.2 Å². The summed E-state index contributed by atoms with van der Waals surface area (Å²) in [4.78, 5) is 6.85. The van der Waals surface area contributed by atoms with Gasteiger partial charge in [-0.15, -0.1) is 24.8 Å². The molecule has 1 fully saturated rings. The van der Waals surface area contributed by atoms with Crippen molar-refractivity contribution in [1.82, 2.24) is 10.2 Å². The lowest BCUT2D eigenvalue weighted by Gasteiger charge is -2.14. The maximum Gasteiger partial charge on any atom is 0.188 e. The van der Waals surface area contributed by atoms with E-state index in [2.05, 4.69) is 27.3 Å². The topological polar surface area (TPSA) is 53.6 Å². The van der Waals surface area contributed by atoms with E-state index in [1.807, 2.05) is 18.2 Å². The van der Waals surface area contributed by atoms with Gasteiger partial charge < -0.3 is 16.0 Å². The summed E-state index contributed by atoms with van der Waals surface area (Å²) in [5.41, 5.74) is 7.03. The first kappa shape index (κ1) is 20.0. The van der Waals surface area contributed by atoms with Crippen LogP contribution in [0.5, 0.6) is 0 Å². The van der Waals surface area contributed by atoms with Crippen LogP contribution in [0.2, 0.25) is 0 Å². The number of rotatable bonds is 6. The van der Waals surface area contributed by atoms with E-state index >= 15 is 0 Å². The van der Waals surface area contributed by atoms with Gasteiger partial charge in [0.1, 0.15) is 0 Å². The summed E-state index contributed by atoms with van der Waals surface area (Å²) in [5.74, 6) is 0.547. The molecule has 0 bridgehead atoms. The first-order valence-corrected chi connectivity index (χ1v) is 7.14. The van der Waals surface area contributed by atoms with Gasteiger partial charge in [-0.05, 0) is 44.5 Å². The second kappa shape index (κ2) is 11.7. The number of hydrogen-bond acceptors (Lipinski definition) is 2. The number of guanidine groups is 1. The van der Waals surface area contributed by atoms with E-state index in [1.54, 1.807) is 0 Å². The highest BCUT2D eigenvalue weighted by Crippen LogP contribution is 2.06. The molecule has 0 aromatic heterocycles. The van der Waals surface area contributed by atoms with Crippen molar-refractivity contribution in [1.29, 1.82) is 0 Å². The van der Waals surface area contributed by atoms with E-state index < -0.39 is 0 Å². The molecule has 0 atom stereocenters. The van der Waals surface area contributed by atoms with Crippen molar-refractivity contribution in [3.8, 4) is 0 Å². The Kier molecular flexibility index (Phi) is 11.1. The standard InChI is InChI=1S/C15H24N4.2ClH/c16-15(18-13-14-7-2-1-3-8-14)17-9-6-12-19-10-4-5-11-19;;/h1-3,7-8H,4-6,9-13H2,(H3,16,17,18);2*1H. The van der Waals surface area contributed by atoms with Gasteiger partial charge in [-0.2, -0.15) is 0 Å².